The summed E-state index contributed by atoms with van der Waals surface area (Å²) in [6.45, 7) is 1.36. The monoisotopic (exact) mass is 303 g/mol. The number of halogens is 3. The van der Waals surface area contributed by atoms with Gasteiger partial charge >= 0.3 is 0 Å². The quantitative estimate of drug-likeness (QED) is 0.872. The zero-order chi connectivity index (χ0) is 13.6. The molecule has 3 rings (SSSR count). The number of nitrogens with zero attached hydrogens (tertiary/aromatic N) is 1. The molecule has 0 radical (unpaired) electrons. The Bertz CT molecular complexity index is 516. The molecule has 2 atom stereocenters. The number of benzene rings is 1. The lowest BCUT2D eigenvalue weighted by molar-refractivity contribution is -0.120. The topological polar surface area (TPSA) is 58.4 Å². The van der Waals surface area contributed by atoms with Gasteiger partial charge in [0.1, 0.15) is 11.6 Å². The number of anilines is 1. The third kappa shape index (κ3) is 2.58. The number of piperidine rings is 1. The first-order valence-corrected chi connectivity index (χ1v) is 6.29. The molecule has 2 unspecified atom stereocenters. The summed E-state index contributed by atoms with van der Waals surface area (Å²) in [7, 11) is 0. The SMILES string of the molecule is Cl.NCC(=O)NC1C2CN(c3ccc(F)cc3F)CC21. The van der Waals surface area contributed by atoms with Gasteiger partial charge in [0.05, 0.1) is 12.2 Å². The van der Waals surface area contributed by atoms with Crippen LogP contribution in [-0.2, 0) is 4.79 Å². The Kier molecular flexibility index (Phi) is 4.15. The van der Waals surface area contributed by atoms with Crippen molar-refractivity contribution in [1.29, 1.82) is 0 Å². The van der Waals surface area contributed by atoms with Gasteiger partial charge in [-0.25, -0.2) is 8.78 Å². The van der Waals surface area contributed by atoms with Crippen LogP contribution in [0.1, 0.15) is 0 Å². The molecule has 2 fully saturated rings. The fourth-order valence-corrected chi connectivity index (χ4v) is 2.92. The van der Waals surface area contributed by atoms with E-state index in [1.807, 2.05) is 4.90 Å². The molecule has 3 N–H and O–H groups in total. The fraction of sp³-hybridized carbons (Fsp3) is 0.462. The molecule has 1 amide bonds. The summed E-state index contributed by atoms with van der Waals surface area (Å²) in [6.07, 6.45) is 0. The Hall–Kier alpha value is -1.40. The molecular weight excluding hydrogens is 288 g/mol. The second kappa shape index (κ2) is 5.54. The summed E-state index contributed by atoms with van der Waals surface area (Å²) in [4.78, 5) is 13.1. The highest BCUT2D eigenvalue weighted by molar-refractivity contribution is 5.85. The van der Waals surface area contributed by atoms with Gasteiger partial charge in [0, 0.05) is 37.0 Å². The molecule has 110 valence electrons. The third-order valence-corrected chi connectivity index (χ3v) is 3.96. The van der Waals surface area contributed by atoms with Crippen LogP contribution in [0.3, 0.4) is 0 Å². The second-order valence-corrected chi connectivity index (χ2v) is 5.13. The maximum Gasteiger partial charge on any atom is 0.233 e. The third-order valence-electron chi connectivity index (χ3n) is 3.96. The van der Waals surface area contributed by atoms with E-state index < -0.39 is 11.6 Å². The summed E-state index contributed by atoms with van der Waals surface area (Å²) >= 11 is 0. The molecule has 1 heterocycles. The molecule has 0 spiro atoms. The van der Waals surface area contributed by atoms with Gasteiger partial charge in [0.25, 0.3) is 0 Å². The van der Waals surface area contributed by atoms with Crippen LogP contribution < -0.4 is 16.0 Å². The van der Waals surface area contributed by atoms with Crippen molar-refractivity contribution in [2.75, 3.05) is 24.5 Å². The number of fused-ring (bicyclic) bond motifs is 1. The van der Waals surface area contributed by atoms with Gasteiger partial charge in [0.2, 0.25) is 5.91 Å². The molecule has 1 saturated heterocycles. The van der Waals surface area contributed by atoms with Crippen molar-refractivity contribution in [3.8, 4) is 0 Å². The summed E-state index contributed by atoms with van der Waals surface area (Å²) < 4.78 is 26.5. The van der Waals surface area contributed by atoms with Crippen LogP contribution in [0.5, 0.6) is 0 Å². The highest BCUT2D eigenvalue weighted by Gasteiger charge is 2.56. The van der Waals surface area contributed by atoms with E-state index in [2.05, 4.69) is 5.32 Å². The Balaban J connectivity index is 0.00000147. The summed E-state index contributed by atoms with van der Waals surface area (Å²) in [5.74, 6) is -0.568. The van der Waals surface area contributed by atoms with Crippen molar-refractivity contribution < 1.29 is 13.6 Å². The van der Waals surface area contributed by atoms with E-state index in [0.29, 0.717) is 30.6 Å². The lowest BCUT2D eigenvalue weighted by atomic mass is 10.2. The number of carbonyl (C=O) groups is 1. The molecule has 1 aromatic rings. The minimum atomic E-state index is -0.571. The fourth-order valence-electron chi connectivity index (χ4n) is 2.92. The number of amides is 1. The van der Waals surface area contributed by atoms with Crippen molar-refractivity contribution in [3.63, 3.8) is 0 Å². The summed E-state index contributed by atoms with van der Waals surface area (Å²) in [6, 6.07) is 3.78. The molecule has 4 nitrogen and oxygen atoms in total. The standard InChI is InChI=1S/C13H15F2N3O.ClH/c14-7-1-2-11(10(15)3-7)18-5-8-9(6-18)13(8)17-12(19)4-16;/h1-3,8-9,13H,4-6,16H2,(H,17,19);1H. The normalized spacial score (nSPS) is 26.8. The van der Waals surface area contributed by atoms with Gasteiger partial charge in [0.15, 0.2) is 0 Å². The van der Waals surface area contributed by atoms with Gasteiger partial charge in [-0.05, 0) is 12.1 Å². The molecule has 1 aromatic carbocycles. The molecular formula is C13H16ClF2N3O. The first-order chi connectivity index (χ1) is 9.10. The van der Waals surface area contributed by atoms with Crippen LogP contribution in [0.15, 0.2) is 18.2 Å². The van der Waals surface area contributed by atoms with Crippen LogP contribution in [0.25, 0.3) is 0 Å². The summed E-state index contributed by atoms with van der Waals surface area (Å²) in [5, 5.41) is 2.86. The van der Waals surface area contributed by atoms with Crippen molar-refractivity contribution in [1.82, 2.24) is 5.32 Å². The van der Waals surface area contributed by atoms with Crippen LogP contribution in [0.2, 0.25) is 0 Å². The van der Waals surface area contributed by atoms with Crippen molar-refractivity contribution in [2.45, 2.75) is 6.04 Å². The lowest BCUT2D eigenvalue weighted by Gasteiger charge is -2.22. The number of hydrogen-bond donors (Lipinski definition) is 2. The average Bonchev–Trinajstić information content (AvgIpc) is 2.83. The first kappa shape index (κ1) is 15.0. The van der Waals surface area contributed by atoms with Gasteiger partial charge in [-0.1, -0.05) is 0 Å². The van der Waals surface area contributed by atoms with Crippen molar-refractivity contribution >= 4 is 24.0 Å². The van der Waals surface area contributed by atoms with Crippen LogP contribution >= 0.6 is 12.4 Å². The molecule has 1 aliphatic heterocycles. The zero-order valence-corrected chi connectivity index (χ0v) is 11.5. The van der Waals surface area contributed by atoms with E-state index in [1.54, 1.807) is 0 Å². The van der Waals surface area contributed by atoms with Gasteiger partial charge < -0.3 is 16.0 Å². The maximum atomic E-state index is 13.6. The van der Waals surface area contributed by atoms with Gasteiger partial charge in [-0.15, -0.1) is 12.4 Å². The number of nitrogens with two attached hydrogens (primary N) is 1. The first-order valence-electron chi connectivity index (χ1n) is 6.29. The largest absolute Gasteiger partial charge is 0.368 e. The Labute approximate surface area is 121 Å². The van der Waals surface area contributed by atoms with Crippen LogP contribution in [-0.4, -0.2) is 31.6 Å². The molecule has 20 heavy (non-hydrogen) atoms. The minimum absolute atomic E-state index is 0. The molecule has 2 aliphatic rings. The smallest absolute Gasteiger partial charge is 0.233 e. The highest BCUT2D eigenvalue weighted by Crippen LogP contribution is 2.47. The number of nitrogens with one attached hydrogen (secondary N) is 1. The Morgan fingerprint density at radius 2 is 2.00 bits per heavy atom. The number of carbonyl (C=O) groups excluding carboxylic acids is 1. The average molecular weight is 304 g/mol. The number of rotatable bonds is 3. The molecule has 0 aromatic heterocycles. The van der Waals surface area contributed by atoms with Crippen LogP contribution in [0, 0.1) is 23.5 Å². The zero-order valence-electron chi connectivity index (χ0n) is 10.7. The Morgan fingerprint density at radius 1 is 1.35 bits per heavy atom. The van der Waals surface area contributed by atoms with E-state index in [1.165, 1.54) is 12.1 Å². The molecule has 7 heteroatoms. The van der Waals surface area contributed by atoms with Crippen LogP contribution in [0.4, 0.5) is 14.5 Å². The molecule has 1 aliphatic carbocycles. The molecule has 1 saturated carbocycles. The summed E-state index contributed by atoms with van der Waals surface area (Å²) in [5.41, 5.74) is 5.67. The maximum absolute atomic E-state index is 13.6. The van der Waals surface area contributed by atoms with Gasteiger partial charge in [-0.2, -0.15) is 0 Å². The van der Waals surface area contributed by atoms with E-state index in [-0.39, 0.29) is 30.9 Å². The van der Waals surface area contributed by atoms with E-state index >= 15 is 0 Å². The minimum Gasteiger partial charge on any atom is -0.368 e. The van der Waals surface area contributed by atoms with Gasteiger partial charge in [-0.3, -0.25) is 4.79 Å². The van der Waals surface area contributed by atoms with Crippen molar-refractivity contribution in [2.24, 2.45) is 17.6 Å². The second-order valence-electron chi connectivity index (χ2n) is 5.13. The van der Waals surface area contributed by atoms with E-state index in [0.717, 1.165) is 6.07 Å². The van der Waals surface area contributed by atoms with E-state index in [4.69, 9.17) is 5.73 Å². The predicted molar refractivity (Wildman–Crippen MR) is 73.8 cm³/mol. The molecule has 0 bridgehead atoms. The lowest BCUT2D eigenvalue weighted by Crippen LogP contribution is -2.37. The predicted octanol–water partition coefficient (Wildman–Crippen LogP) is 0.896. The highest BCUT2D eigenvalue weighted by atomic mass is 35.5. The Morgan fingerprint density at radius 3 is 2.55 bits per heavy atom. The van der Waals surface area contributed by atoms with E-state index in [9.17, 15) is 13.6 Å². The number of hydrogen-bond acceptors (Lipinski definition) is 3. The van der Waals surface area contributed by atoms with Crippen molar-refractivity contribution in [3.05, 3.63) is 29.8 Å².